The van der Waals surface area contributed by atoms with Gasteiger partial charge in [0.25, 0.3) is 0 Å². The number of anilines is 1. The van der Waals surface area contributed by atoms with Crippen molar-refractivity contribution in [2.75, 3.05) is 26.0 Å². The van der Waals surface area contributed by atoms with E-state index in [-0.39, 0.29) is 11.9 Å². The Bertz CT molecular complexity index is 979. The minimum atomic E-state index is -0.364. The smallest absolute Gasteiger partial charge is 0.410 e. The number of nitrogens with two attached hydrogens (primary N) is 1. The predicted octanol–water partition coefficient (Wildman–Crippen LogP) is 3.34. The summed E-state index contributed by atoms with van der Waals surface area (Å²) in [4.78, 5) is 18.3. The lowest BCUT2D eigenvalue weighted by Crippen LogP contribution is -2.37. The van der Waals surface area contributed by atoms with Gasteiger partial charge < -0.3 is 20.1 Å². The van der Waals surface area contributed by atoms with E-state index in [1.165, 1.54) is 0 Å². The molecule has 7 nitrogen and oxygen atoms in total. The van der Waals surface area contributed by atoms with Gasteiger partial charge in [-0.25, -0.2) is 9.78 Å². The average Bonchev–Trinajstić information content (AvgIpc) is 2.69. The number of carbonyl (C=O) groups excluding carboxylic acids is 1. The topological polar surface area (TPSA) is 101 Å². The molecule has 0 saturated heterocycles. The van der Waals surface area contributed by atoms with Crippen LogP contribution >= 0.6 is 0 Å². The van der Waals surface area contributed by atoms with E-state index < -0.39 is 0 Å². The Morgan fingerprint density at radius 1 is 1.36 bits per heavy atom. The van der Waals surface area contributed by atoms with E-state index in [9.17, 15) is 10.1 Å². The van der Waals surface area contributed by atoms with Gasteiger partial charge >= 0.3 is 6.09 Å². The zero-order valence-corrected chi connectivity index (χ0v) is 16.6. The van der Waals surface area contributed by atoms with Gasteiger partial charge in [-0.3, -0.25) is 0 Å². The summed E-state index contributed by atoms with van der Waals surface area (Å²) in [6.07, 6.45) is 0.197. The Morgan fingerprint density at radius 3 is 2.75 bits per heavy atom. The van der Waals surface area contributed by atoms with Crippen LogP contribution < -0.4 is 10.5 Å². The number of pyridine rings is 1. The molecule has 2 aromatic rings. The van der Waals surface area contributed by atoms with E-state index in [2.05, 4.69) is 11.1 Å². The maximum absolute atomic E-state index is 12.3. The molecule has 0 fully saturated rings. The van der Waals surface area contributed by atoms with E-state index in [1.54, 1.807) is 18.9 Å². The van der Waals surface area contributed by atoms with Gasteiger partial charge in [0.05, 0.1) is 26.0 Å². The minimum absolute atomic E-state index is 0.216. The molecule has 7 heteroatoms. The van der Waals surface area contributed by atoms with Crippen LogP contribution in [-0.4, -0.2) is 36.2 Å². The summed E-state index contributed by atoms with van der Waals surface area (Å²) in [5, 5.41) is 9.78. The maximum Gasteiger partial charge on any atom is 0.410 e. The number of nitriles is 1. The number of methoxy groups -OCH3 is 1. The van der Waals surface area contributed by atoms with Crippen LogP contribution in [0.25, 0.3) is 11.1 Å². The average molecular weight is 380 g/mol. The Morgan fingerprint density at radius 2 is 2.11 bits per heavy atom. The molecule has 0 radical (unpaired) electrons. The number of aromatic nitrogens is 1. The molecule has 146 valence electrons. The van der Waals surface area contributed by atoms with Crippen LogP contribution in [-0.2, 0) is 17.7 Å². The van der Waals surface area contributed by atoms with E-state index >= 15 is 0 Å². The van der Waals surface area contributed by atoms with Crippen molar-refractivity contribution in [2.45, 2.75) is 33.7 Å². The van der Waals surface area contributed by atoms with Gasteiger partial charge in [0.1, 0.15) is 23.2 Å². The van der Waals surface area contributed by atoms with Crippen molar-refractivity contribution in [2.24, 2.45) is 0 Å². The van der Waals surface area contributed by atoms with Crippen molar-refractivity contribution in [3.8, 4) is 22.9 Å². The third kappa shape index (κ3) is 3.22. The fourth-order valence-electron chi connectivity index (χ4n) is 3.65. The van der Waals surface area contributed by atoms with E-state index in [4.69, 9.17) is 15.2 Å². The lowest BCUT2D eigenvalue weighted by molar-refractivity contribution is 0.102. The number of ether oxygens (including phenoxy) is 2. The molecule has 0 unspecified atom stereocenters. The van der Waals surface area contributed by atoms with Crippen molar-refractivity contribution < 1.29 is 14.3 Å². The minimum Gasteiger partial charge on any atom is -0.496 e. The van der Waals surface area contributed by atoms with Crippen molar-refractivity contribution in [3.63, 3.8) is 0 Å². The number of amides is 1. The monoisotopic (exact) mass is 380 g/mol. The summed E-state index contributed by atoms with van der Waals surface area (Å²) in [6.45, 7) is 6.89. The van der Waals surface area contributed by atoms with Gasteiger partial charge in [0.2, 0.25) is 0 Å². The van der Waals surface area contributed by atoms with Crippen molar-refractivity contribution in [1.82, 2.24) is 9.88 Å². The number of hydrogen-bond donors (Lipinski definition) is 1. The second-order valence-corrected chi connectivity index (χ2v) is 6.72. The highest BCUT2D eigenvalue weighted by atomic mass is 16.6. The summed E-state index contributed by atoms with van der Waals surface area (Å²) in [6, 6.07) is 6.02. The van der Waals surface area contributed by atoms with Crippen LogP contribution in [0, 0.1) is 25.2 Å². The first-order valence-corrected chi connectivity index (χ1v) is 9.20. The molecule has 1 aliphatic heterocycles. The molecule has 1 aromatic heterocycles. The van der Waals surface area contributed by atoms with Crippen LogP contribution in [0.5, 0.6) is 5.75 Å². The normalized spacial score (nSPS) is 12.9. The van der Waals surface area contributed by atoms with Crippen LogP contribution in [0.2, 0.25) is 0 Å². The first-order chi connectivity index (χ1) is 13.4. The zero-order valence-electron chi connectivity index (χ0n) is 16.6. The fraction of sp³-hybridized carbons (Fsp3) is 0.381. The number of nitrogens with zero attached hydrogens (tertiary/aromatic N) is 3. The molecular weight excluding hydrogens is 356 g/mol. The maximum atomic E-state index is 12.3. The highest BCUT2D eigenvalue weighted by Gasteiger charge is 2.29. The molecule has 1 aromatic carbocycles. The highest BCUT2D eigenvalue weighted by molar-refractivity contribution is 5.83. The summed E-state index contributed by atoms with van der Waals surface area (Å²) in [5.74, 6) is 0.998. The van der Waals surface area contributed by atoms with Crippen LogP contribution in [0.15, 0.2) is 12.1 Å². The molecule has 2 N–H and O–H groups in total. The standard InChI is InChI=1S/C21H24N4O3/c1-5-28-21(26)25-9-8-17-16(11-25)19(15(10-22)20(23)24-17)14-6-7-18(27-4)13(3)12(14)2/h6-7H,5,8-9,11H2,1-4H3,(H2,23,24). The largest absolute Gasteiger partial charge is 0.496 e. The Kier molecular flexibility index (Phi) is 5.41. The first kappa shape index (κ1) is 19.5. The lowest BCUT2D eigenvalue weighted by Gasteiger charge is -2.30. The Hall–Kier alpha value is -3.27. The number of nitrogen functional groups attached to an aromatic ring is 1. The SMILES string of the molecule is CCOC(=O)N1CCc2nc(N)c(C#N)c(-c3ccc(OC)c(C)c3C)c2C1. The van der Waals surface area contributed by atoms with Crippen LogP contribution in [0.1, 0.15) is 34.9 Å². The van der Waals surface area contributed by atoms with E-state index in [1.807, 2.05) is 26.0 Å². The summed E-state index contributed by atoms with van der Waals surface area (Å²) >= 11 is 0. The first-order valence-electron chi connectivity index (χ1n) is 9.20. The quantitative estimate of drug-likeness (QED) is 0.876. The number of hydrogen-bond acceptors (Lipinski definition) is 6. The Balaban J connectivity index is 2.22. The molecule has 1 aliphatic rings. The Labute approximate surface area is 164 Å². The molecule has 0 aliphatic carbocycles. The van der Waals surface area contributed by atoms with Gasteiger partial charge in [0, 0.05) is 24.1 Å². The molecule has 0 spiro atoms. The third-order valence-corrected chi connectivity index (χ3v) is 5.24. The van der Waals surface area contributed by atoms with Crippen LogP contribution in [0.4, 0.5) is 10.6 Å². The molecule has 0 saturated carbocycles. The summed E-state index contributed by atoms with van der Waals surface area (Å²) in [5.41, 5.74) is 11.7. The van der Waals surface area contributed by atoms with Gasteiger partial charge in [-0.2, -0.15) is 5.26 Å². The molecule has 3 rings (SSSR count). The molecule has 2 heterocycles. The second-order valence-electron chi connectivity index (χ2n) is 6.72. The van der Waals surface area contributed by atoms with Crippen molar-refractivity contribution >= 4 is 11.9 Å². The van der Waals surface area contributed by atoms with Gasteiger partial charge in [-0.15, -0.1) is 0 Å². The molecule has 0 bridgehead atoms. The number of rotatable bonds is 3. The van der Waals surface area contributed by atoms with E-state index in [0.29, 0.717) is 31.7 Å². The lowest BCUT2D eigenvalue weighted by atomic mass is 9.87. The molecule has 28 heavy (non-hydrogen) atoms. The van der Waals surface area contributed by atoms with Gasteiger partial charge in [0.15, 0.2) is 0 Å². The zero-order chi connectivity index (χ0) is 20.4. The number of carbonyl (C=O) groups is 1. The molecule has 1 amide bonds. The van der Waals surface area contributed by atoms with Gasteiger partial charge in [-0.1, -0.05) is 6.07 Å². The van der Waals surface area contributed by atoms with Crippen LogP contribution in [0.3, 0.4) is 0 Å². The molecule has 0 atom stereocenters. The van der Waals surface area contributed by atoms with Crippen molar-refractivity contribution in [1.29, 1.82) is 5.26 Å². The third-order valence-electron chi connectivity index (χ3n) is 5.24. The highest BCUT2D eigenvalue weighted by Crippen LogP contribution is 2.39. The molecular formula is C21H24N4O3. The van der Waals surface area contributed by atoms with Crippen molar-refractivity contribution in [3.05, 3.63) is 40.1 Å². The van der Waals surface area contributed by atoms with E-state index in [0.717, 1.165) is 39.3 Å². The number of fused-ring (bicyclic) bond motifs is 1. The summed E-state index contributed by atoms with van der Waals surface area (Å²) < 4.78 is 10.6. The predicted molar refractivity (Wildman–Crippen MR) is 106 cm³/mol. The second kappa shape index (κ2) is 7.77. The fourth-order valence-corrected chi connectivity index (χ4v) is 3.65. The van der Waals surface area contributed by atoms with Gasteiger partial charge in [-0.05, 0) is 43.5 Å². The summed E-state index contributed by atoms with van der Waals surface area (Å²) in [7, 11) is 1.63. The number of benzene rings is 1.